The Kier molecular flexibility index (Phi) is 8.25. The van der Waals surface area contributed by atoms with Gasteiger partial charge in [-0.2, -0.15) is 0 Å². The van der Waals surface area contributed by atoms with Crippen LogP contribution in [0.5, 0.6) is 5.75 Å². The molecule has 0 spiro atoms. The number of oxime groups is 1. The molecule has 3 aromatic heterocycles. The van der Waals surface area contributed by atoms with E-state index in [0.717, 1.165) is 22.2 Å². The molecule has 36 heavy (non-hydrogen) atoms. The molecule has 0 saturated carbocycles. The first-order valence-electron chi connectivity index (χ1n) is 11.6. The first-order valence-corrected chi connectivity index (χ1v) is 11.6. The number of carbonyl (C=O) groups is 1. The molecular formula is C27H28N4O5. The van der Waals surface area contributed by atoms with Crippen LogP contribution in [0.25, 0.3) is 11.0 Å². The molecule has 1 unspecified atom stereocenters. The molecular weight excluding hydrogens is 460 g/mol. The molecule has 9 heteroatoms. The lowest BCUT2D eigenvalue weighted by molar-refractivity contribution is -0.149. The summed E-state index contributed by atoms with van der Waals surface area (Å²) in [6, 6.07) is 17.1. The average molecular weight is 489 g/mol. The lowest BCUT2D eigenvalue weighted by Gasteiger charge is -2.13. The quantitative estimate of drug-likeness (QED) is 0.238. The van der Waals surface area contributed by atoms with Crippen LogP contribution in [0, 0.1) is 0 Å². The van der Waals surface area contributed by atoms with Crippen molar-refractivity contribution in [3.63, 3.8) is 0 Å². The van der Waals surface area contributed by atoms with Crippen LogP contribution in [0.1, 0.15) is 23.7 Å². The van der Waals surface area contributed by atoms with Crippen LogP contribution in [0.2, 0.25) is 0 Å². The summed E-state index contributed by atoms with van der Waals surface area (Å²) in [5, 5.41) is 14.5. The van der Waals surface area contributed by atoms with E-state index in [2.05, 4.69) is 10.1 Å². The van der Waals surface area contributed by atoms with E-state index in [1.54, 1.807) is 19.3 Å². The summed E-state index contributed by atoms with van der Waals surface area (Å²) in [6.07, 6.45) is 4.84. The molecule has 1 aromatic carbocycles. The second-order valence-corrected chi connectivity index (χ2v) is 7.96. The number of carboxylic acids is 1. The van der Waals surface area contributed by atoms with Gasteiger partial charge in [-0.15, -0.1) is 0 Å². The molecule has 4 aromatic rings. The maximum Gasteiger partial charge on any atom is 0.333 e. The number of benzene rings is 1. The zero-order valence-corrected chi connectivity index (χ0v) is 20.2. The minimum absolute atomic E-state index is 0.306. The number of fused-ring (bicyclic) bond motifs is 1. The number of rotatable bonds is 12. The highest BCUT2D eigenvalue weighted by molar-refractivity contribution is 6.12. The maximum absolute atomic E-state index is 11.3. The van der Waals surface area contributed by atoms with Crippen LogP contribution >= 0.6 is 0 Å². The molecule has 0 radical (unpaired) electrons. The number of carboxylic acid groups (broad SMARTS) is 1. The van der Waals surface area contributed by atoms with Gasteiger partial charge in [-0.1, -0.05) is 17.3 Å². The van der Waals surface area contributed by atoms with E-state index >= 15 is 0 Å². The van der Waals surface area contributed by atoms with Gasteiger partial charge in [0.2, 0.25) is 0 Å². The van der Waals surface area contributed by atoms with Gasteiger partial charge in [0.25, 0.3) is 0 Å². The number of aliphatic carboxylic acids is 1. The second kappa shape index (κ2) is 11.9. The highest BCUT2D eigenvalue weighted by Gasteiger charge is 2.18. The van der Waals surface area contributed by atoms with Gasteiger partial charge in [0, 0.05) is 42.6 Å². The number of aromatic nitrogens is 3. The number of hydrogen-bond acceptors (Lipinski definition) is 7. The van der Waals surface area contributed by atoms with Gasteiger partial charge in [-0.05, 0) is 55.0 Å². The number of nitrogens with zero attached hydrogens (tertiary/aromatic N) is 4. The normalized spacial score (nSPS) is 12.4. The van der Waals surface area contributed by atoms with Crippen molar-refractivity contribution < 1.29 is 24.2 Å². The maximum atomic E-state index is 11.3. The van der Waals surface area contributed by atoms with E-state index in [1.807, 2.05) is 65.4 Å². The Morgan fingerprint density at radius 3 is 2.56 bits per heavy atom. The molecule has 0 aliphatic carbocycles. The van der Waals surface area contributed by atoms with E-state index < -0.39 is 12.1 Å². The van der Waals surface area contributed by atoms with E-state index in [0.29, 0.717) is 43.3 Å². The van der Waals surface area contributed by atoms with Crippen molar-refractivity contribution in [3.05, 3.63) is 90.0 Å². The third kappa shape index (κ3) is 6.05. The van der Waals surface area contributed by atoms with Gasteiger partial charge < -0.3 is 24.0 Å². The molecule has 3 heterocycles. The fraction of sp³-hybridized carbons (Fsp3) is 0.259. The zero-order chi connectivity index (χ0) is 25.3. The highest BCUT2D eigenvalue weighted by Crippen LogP contribution is 2.18. The smallest absolute Gasteiger partial charge is 0.333 e. The third-order valence-electron chi connectivity index (χ3n) is 5.58. The van der Waals surface area contributed by atoms with Crippen LogP contribution in [-0.4, -0.2) is 57.8 Å². The summed E-state index contributed by atoms with van der Waals surface area (Å²) < 4.78 is 13.2. The zero-order valence-electron chi connectivity index (χ0n) is 20.2. The molecule has 0 fully saturated rings. The molecule has 0 saturated heterocycles. The van der Waals surface area contributed by atoms with Crippen LogP contribution in [-0.2, 0) is 27.3 Å². The number of pyridine rings is 2. The van der Waals surface area contributed by atoms with Gasteiger partial charge in [0.05, 0.1) is 12.2 Å². The highest BCUT2D eigenvalue weighted by atomic mass is 16.6. The van der Waals surface area contributed by atoms with Crippen LogP contribution in [0.15, 0.2) is 78.3 Å². The molecule has 0 aliphatic rings. The van der Waals surface area contributed by atoms with Crippen molar-refractivity contribution >= 4 is 22.7 Å². The summed E-state index contributed by atoms with van der Waals surface area (Å²) in [7, 11) is 1.51. The van der Waals surface area contributed by atoms with Crippen molar-refractivity contribution in [3.8, 4) is 5.75 Å². The largest absolute Gasteiger partial charge is 0.492 e. The average Bonchev–Trinajstić information content (AvgIpc) is 3.30. The summed E-state index contributed by atoms with van der Waals surface area (Å²) in [5.74, 6) is -0.256. The molecule has 186 valence electrons. The topological polar surface area (TPSA) is 108 Å². The molecule has 0 amide bonds. The summed E-state index contributed by atoms with van der Waals surface area (Å²) in [6.45, 7) is 3.17. The van der Waals surface area contributed by atoms with E-state index in [1.165, 1.54) is 7.11 Å². The Morgan fingerprint density at radius 2 is 1.86 bits per heavy atom. The third-order valence-corrected chi connectivity index (χ3v) is 5.58. The molecule has 0 bridgehead atoms. The van der Waals surface area contributed by atoms with Crippen LogP contribution in [0.4, 0.5) is 0 Å². The SMILES string of the molecule is CCOC(Cc1ccc(OCCn2ccc3ccc(C(=NOC)c4ccncc4)nc32)cc1)C(=O)O. The summed E-state index contributed by atoms with van der Waals surface area (Å²) in [4.78, 5) is 25.3. The predicted octanol–water partition coefficient (Wildman–Crippen LogP) is 3.94. The van der Waals surface area contributed by atoms with Gasteiger partial charge in [-0.25, -0.2) is 9.78 Å². The van der Waals surface area contributed by atoms with Gasteiger partial charge in [0.1, 0.15) is 30.8 Å². The molecule has 4 rings (SSSR count). The van der Waals surface area contributed by atoms with Gasteiger partial charge in [-0.3, -0.25) is 4.98 Å². The van der Waals surface area contributed by atoms with Crippen LogP contribution in [0.3, 0.4) is 0 Å². The Balaban J connectivity index is 1.42. The van der Waals surface area contributed by atoms with E-state index in [4.69, 9.17) is 19.3 Å². The van der Waals surface area contributed by atoms with Gasteiger partial charge in [0.15, 0.2) is 6.10 Å². The Hall–Kier alpha value is -4.24. The van der Waals surface area contributed by atoms with Crippen molar-refractivity contribution in [2.75, 3.05) is 20.3 Å². The molecule has 0 aliphatic heterocycles. The minimum atomic E-state index is -0.964. The van der Waals surface area contributed by atoms with Crippen LogP contribution < -0.4 is 4.74 Å². The molecule has 1 N–H and O–H groups in total. The van der Waals surface area contributed by atoms with Crippen molar-refractivity contribution in [2.24, 2.45) is 5.16 Å². The van der Waals surface area contributed by atoms with Crippen molar-refractivity contribution in [1.29, 1.82) is 0 Å². The fourth-order valence-electron chi connectivity index (χ4n) is 3.84. The van der Waals surface area contributed by atoms with Gasteiger partial charge >= 0.3 is 5.97 Å². The number of ether oxygens (including phenoxy) is 2. The Morgan fingerprint density at radius 1 is 1.08 bits per heavy atom. The van der Waals surface area contributed by atoms with Crippen molar-refractivity contribution in [1.82, 2.24) is 14.5 Å². The Labute approximate surface area is 209 Å². The Bertz CT molecular complexity index is 1320. The minimum Gasteiger partial charge on any atom is -0.492 e. The first-order chi connectivity index (χ1) is 17.6. The lowest BCUT2D eigenvalue weighted by Crippen LogP contribution is -2.26. The first kappa shape index (κ1) is 24.9. The number of hydrogen-bond donors (Lipinski definition) is 1. The monoisotopic (exact) mass is 488 g/mol. The lowest BCUT2D eigenvalue weighted by atomic mass is 10.1. The predicted molar refractivity (Wildman–Crippen MR) is 135 cm³/mol. The second-order valence-electron chi connectivity index (χ2n) is 7.96. The molecule has 9 nitrogen and oxygen atoms in total. The van der Waals surface area contributed by atoms with E-state index in [9.17, 15) is 9.90 Å². The fourth-order valence-corrected chi connectivity index (χ4v) is 3.84. The standard InChI is InChI=1S/C27H28N4O5/c1-3-35-24(27(32)33)18-19-4-7-22(8-5-19)36-17-16-31-15-12-21-6-9-23(29-26(21)31)25(30-34-2)20-10-13-28-14-11-20/h4-15,24H,3,16-18H2,1-2H3,(H,32,33). The van der Waals surface area contributed by atoms with Crippen molar-refractivity contribution in [2.45, 2.75) is 26.0 Å². The summed E-state index contributed by atoms with van der Waals surface area (Å²) >= 11 is 0. The molecule has 1 atom stereocenters. The summed E-state index contributed by atoms with van der Waals surface area (Å²) in [5.41, 5.74) is 3.87. The van der Waals surface area contributed by atoms with E-state index in [-0.39, 0.29) is 0 Å².